The van der Waals surface area contributed by atoms with Crippen LogP contribution in [0.15, 0.2) is 18.2 Å². The van der Waals surface area contributed by atoms with Crippen LogP contribution in [0.4, 0.5) is 0 Å². The van der Waals surface area contributed by atoms with Gasteiger partial charge in [-0.05, 0) is 51.4 Å². The number of phenols is 1. The van der Waals surface area contributed by atoms with Crippen molar-refractivity contribution in [1.29, 1.82) is 0 Å². The Labute approximate surface area is 119 Å². The van der Waals surface area contributed by atoms with Crippen molar-refractivity contribution in [1.82, 2.24) is 5.32 Å². The van der Waals surface area contributed by atoms with Crippen LogP contribution >= 0.6 is 0 Å². The minimum atomic E-state index is -0.789. The molecule has 0 unspecified atom stereocenters. The van der Waals surface area contributed by atoms with E-state index in [4.69, 9.17) is 9.84 Å². The maximum Gasteiger partial charge on any atom is 0.309 e. The summed E-state index contributed by atoms with van der Waals surface area (Å²) in [6.07, 6.45) is 0.554. The number of aromatic hydroxyl groups is 1. The average Bonchev–Trinajstić information content (AvgIpc) is 2.38. The highest BCUT2D eigenvalue weighted by Crippen LogP contribution is 2.26. The van der Waals surface area contributed by atoms with Crippen molar-refractivity contribution in [2.24, 2.45) is 5.41 Å². The van der Waals surface area contributed by atoms with E-state index < -0.39 is 11.4 Å². The third kappa shape index (κ3) is 4.74. The molecule has 0 saturated carbocycles. The minimum absolute atomic E-state index is 0.127. The Kier molecular flexibility index (Phi) is 5.82. The van der Waals surface area contributed by atoms with Crippen molar-refractivity contribution in [3.8, 4) is 11.5 Å². The zero-order chi connectivity index (χ0) is 15.2. The topological polar surface area (TPSA) is 78.8 Å². The van der Waals surface area contributed by atoms with Crippen LogP contribution < -0.4 is 10.1 Å². The molecule has 0 aromatic heterocycles. The summed E-state index contributed by atoms with van der Waals surface area (Å²) in [6.45, 7) is 7.01. The van der Waals surface area contributed by atoms with Crippen molar-refractivity contribution < 1.29 is 19.7 Å². The molecule has 5 heteroatoms. The molecule has 0 aliphatic heterocycles. The fourth-order valence-corrected chi connectivity index (χ4v) is 1.68. The van der Waals surface area contributed by atoms with Gasteiger partial charge < -0.3 is 20.3 Å². The van der Waals surface area contributed by atoms with Crippen LogP contribution in [0.5, 0.6) is 11.5 Å². The Hall–Kier alpha value is -1.75. The lowest BCUT2D eigenvalue weighted by Crippen LogP contribution is -2.28. The average molecular weight is 281 g/mol. The van der Waals surface area contributed by atoms with E-state index in [1.54, 1.807) is 26.0 Å². The SMILES string of the molecule is CCOc1cc(CNCCC(C)(C)C(=O)O)ccc1O. The molecule has 0 aliphatic rings. The molecule has 0 atom stereocenters. The zero-order valence-electron chi connectivity index (χ0n) is 12.3. The molecule has 0 bridgehead atoms. The first-order chi connectivity index (χ1) is 9.36. The Morgan fingerprint density at radius 2 is 2.10 bits per heavy atom. The molecule has 3 N–H and O–H groups in total. The van der Waals surface area contributed by atoms with Crippen molar-refractivity contribution in [3.05, 3.63) is 23.8 Å². The summed E-state index contributed by atoms with van der Waals surface area (Å²) in [5, 5.41) is 21.8. The first-order valence-electron chi connectivity index (χ1n) is 6.75. The van der Waals surface area contributed by atoms with Gasteiger partial charge in [-0.3, -0.25) is 4.79 Å². The molecule has 1 rings (SSSR count). The van der Waals surface area contributed by atoms with Gasteiger partial charge in [0.1, 0.15) is 0 Å². The summed E-state index contributed by atoms with van der Waals surface area (Å²) in [5.74, 6) is -0.192. The Morgan fingerprint density at radius 3 is 2.70 bits per heavy atom. The summed E-state index contributed by atoms with van der Waals surface area (Å²) >= 11 is 0. The van der Waals surface area contributed by atoms with E-state index in [0.717, 1.165) is 5.56 Å². The van der Waals surface area contributed by atoms with Gasteiger partial charge in [-0.25, -0.2) is 0 Å². The molecule has 0 radical (unpaired) electrons. The number of carboxylic acids is 1. The Morgan fingerprint density at radius 1 is 1.40 bits per heavy atom. The lowest BCUT2D eigenvalue weighted by molar-refractivity contribution is -0.147. The normalized spacial score (nSPS) is 11.3. The van der Waals surface area contributed by atoms with Gasteiger partial charge in [-0.1, -0.05) is 6.07 Å². The lowest BCUT2D eigenvalue weighted by atomic mass is 9.90. The van der Waals surface area contributed by atoms with Gasteiger partial charge in [0.15, 0.2) is 11.5 Å². The molecule has 0 fully saturated rings. The van der Waals surface area contributed by atoms with Crippen molar-refractivity contribution in [2.75, 3.05) is 13.2 Å². The maximum absolute atomic E-state index is 11.0. The van der Waals surface area contributed by atoms with Crippen LogP contribution in [0.1, 0.15) is 32.8 Å². The summed E-state index contributed by atoms with van der Waals surface area (Å²) in [6, 6.07) is 5.20. The number of ether oxygens (including phenoxy) is 1. The summed E-state index contributed by atoms with van der Waals surface area (Å²) in [7, 11) is 0. The molecule has 5 nitrogen and oxygen atoms in total. The molecule has 0 spiro atoms. The highest BCUT2D eigenvalue weighted by atomic mass is 16.5. The second-order valence-electron chi connectivity index (χ2n) is 5.35. The molecule has 0 saturated heterocycles. The Balaban J connectivity index is 2.46. The number of benzene rings is 1. The molecule has 20 heavy (non-hydrogen) atoms. The van der Waals surface area contributed by atoms with Gasteiger partial charge in [-0.15, -0.1) is 0 Å². The summed E-state index contributed by atoms with van der Waals surface area (Å²) in [5.41, 5.74) is 0.262. The predicted octanol–water partition coefficient (Wildman–Crippen LogP) is 2.38. The highest BCUT2D eigenvalue weighted by Gasteiger charge is 2.26. The molecule has 1 aromatic carbocycles. The van der Waals surface area contributed by atoms with E-state index in [0.29, 0.717) is 31.9 Å². The zero-order valence-corrected chi connectivity index (χ0v) is 12.3. The van der Waals surface area contributed by atoms with Crippen LogP contribution in [0.3, 0.4) is 0 Å². The number of carboxylic acid groups (broad SMARTS) is 1. The molecular weight excluding hydrogens is 258 g/mol. The molecular formula is C15H23NO4. The highest BCUT2D eigenvalue weighted by molar-refractivity contribution is 5.73. The maximum atomic E-state index is 11.0. The van der Waals surface area contributed by atoms with Crippen LogP contribution in [-0.4, -0.2) is 29.3 Å². The second kappa shape index (κ2) is 7.14. The minimum Gasteiger partial charge on any atom is -0.504 e. The number of phenolic OH excluding ortho intramolecular Hbond substituents is 1. The number of hydrogen-bond acceptors (Lipinski definition) is 4. The third-order valence-electron chi connectivity index (χ3n) is 3.16. The van der Waals surface area contributed by atoms with E-state index in [1.807, 2.05) is 13.0 Å². The van der Waals surface area contributed by atoms with Gasteiger partial charge in [0.25, 0.3) is 0 Å². The van der Waals surface area contributed by atoms with E-state index in [1.165, 1.54) is 0 Å². The fraction of sp³-hybridized carbons (Fsp3) is 0.533. The van der Waals surface area contributed by atoms with Gasteiger partial charge in [0.2, 0.25) is 0 Å². The van der Waals surface area contributed by atoms with Gasteiger partial charge in [-0.2, -0.15) is 0 Å². The van der Waals surface area contributed by atoms with E-state index >= 15 is 0 Å². The largest absolute Gasteiger partial charge is 0.504 e. The summed E-state index contributed by atoms with van der Waals surface area (Å²) < 4.78 is 5.31. The number of aliphatic carboxylic acids is 1. The van der Waals surface area contributed by atoms with Crippen LogP contribution in [0, 0.1) is 5.41 Å². The van der Waals surface area contributed by atoms with E-state index in [2.05, 4.69) is 5.32 Å². The summed E-state index contributed by atoms with van der Waals surface area (Å²) in [4.78, 5) is 11.0. The predicted molar refractivity (Wildman–Crippen MR) is 77.0 cm³/mol. The monoisotopic (exact) mass is 281 g/mol. The van der Waals surface area contributed by atoms with Crippen molar-refractivity contribution >= 4 is 5.97 Å². The molecule has 0 aliphatic carbocycles. The number of rotatable bonds is 8. The number of nitrogens with one attached hydrogen (secondary N) is 1. The second-order valence-corrected chi connectivity index (χ2v) is 5.35. The van der Waals surface area contributed by atoms with Crippen molar-refractivity contribution in [3.63, 3.8) is 0 Å². The van der Waals surface area contributed by atoms with E-state index in [9.17, 15) is 9.90 Å². The fourth-order valence-electron chi connectivity index (χ4n) is 1.68. The van der Waals surface area contributed by atoms with Crippen LogP contribution in [0.25, 0.3) is 0 Å². The molecule has 1 aromatic rings. The van der Waals surface area contributed by atoms with Gasteiger partial charge in [0, 0.05) is 6.54 Å². The van der Waals surface area contributed by atoms with Crippen molar-refractivity contribution in [2.45, 2.75) is 33.7 Å². The quantitative estimate of drug-likeness (QED) is 0.638. The van der Waals surface area contributed by atoms with Gasteiger partial charge in [0.05, 0.1) is 12.0 Å². The van der Waals surface area contributed by atoms with Crippen LogP contribution in [0.2, 0.25) is 0 Å². The smallest absolute Gasteiger partial charge is 0.309 e. The standard InChI is InChI=1S/C15H23NO4/c1-4-20-13-9-11(5-6-12(13)17)10-16-8-7-15(2,3)14(18)19/h5-6,9,16-17H,4,7-8,10H2,1-3H3,(H,18,19). The first-order valence-corrected chi connectivity index (χ1v) is 6.75. The third-order valence-corrected chi connectivity index (χ3v) is 3.16. The number of carbonyl (C=O) groups is 1. The lowest BCUT2D eigenvalue weighted by Gasteiger charge is -2.19. The molecule has 112 valence electrons. The Bertz CT molecular complexity index is 457. The van der Waals surface area contributed by atoms with Gasteiger partial charge >= 0.3 is 5.97 Å². The van der Waals surface area contributed by atoms with Crippen LogP contribution in [-0.2, 0) is 11.3 Å². The number of hydrogen-bond donors (Lipinski definition) is 3. The van der Waals surface area contributed by atoms with E-state index in [-0.39, 0.29) is 5.75 Å². The first kappa shape index (κ1) is 16.3. The molecule has 0 heterocycles. The molecule has 0 amide bonds.